The van der Waals surface area contributed by atoms with Crippen LogP contribution in [0.1, 0.15) is 26.2 Å². The lowest BCUT2D eigenvalue weighted by Crippen LogP contribution is -2.43. The third-order valence-corrected chi connectivity index (χ3v) is 3.45. The van der Waals surface area contributed by atoms with Gasteiger partial charge in [-0.05, 0) is 31.2 Å². The predicted octanol–water partition coefficient (Wildman–Crippen LogP) is 2.17. The molecule has 2 heterocycles. The Balaban J connectivity index is 2.12. The van der Waals surface area contributed by atoms with Crippen LogP contribution in [0.4, 0.5) is 0 Å². The summed E-state index contributed by atoms with van der Waals surface area (Å²) in [6.07, 6.45) is 3.98. The van der Waals surface area contributed by atoms with E-state index in [1.165, 1.54) is 43.9 Å². The Labute approximate surface area is 78.6 Å². The zero-order valence-electron chi connectivity index (χ0n) is 7.62. The fraction of sp³-hybridized carbons (Fsp3) is 0.889. The van der Waals surface area contributed by atoms with Crippen molar-refractivity contribution in [1.29, 1.82) is 0 Å². The molecule has 12 heavy (non-hydrogen) atoms. The monoisotopic (exact) mass is 184 g/mol. The van der Waals surface area contributed by atoms with Crippen LogP contribution < -0.4 is 0 Å². The van der Waals surface area contributed by atoms with Gasteiger partial charge in [0, 0.05) is 24.8 Å². The van der Waals surface area contributed by atoms with Crippen LogP contribution in [0.15, 0.2) is 4.40 Å². The number of rotatable bonds is 1. The first-order valence-electron chi connectivity index (χ1n) is 4.86. The summed E-state index contributed by atoms with van der Waals surface area (Å²) in [7, 11) is 0. The van der Waals surface area contributed by atoms with E-state index in [9.17, 15) is 0 Å². The highest BCUT2D eigenvalue weighted by Crippen LogP contribution is 2.26. The van der Waals surface area contributed by atoms with Gasteiger partial charge in [0.15, 0.2) is 0 Å². The van der Waals surface area contributed by atoms with Crippen molar-refractivity contribution >= 4 is 17.8 Å². The van der Waals surface area contributed by atoms with Gasteiger partial charge in [-0.3, -0.25) is 0 Å². The van der Waals surface area contributed by atoms with Gasteiger partial charge in [0.25, 0.3) is 0 Å². The van der Waals surface area contributed by atoms with E-state index in [1.54, 1.807) is 11.9 Å². The molecule has 0 N–H and O–H groups in total. The summed E-state index contributed by atoms with van der Waals surface area (Å²) in [4.78, 5) is 2.48. The average Bonchev–Trinajstić information content (AvgIpc) is 2.17. The molecule has 2 aliphatic heterocycles. The van der Waals surface area contributed by atoms with Crippen LogP contribution in [0.5, 0.6) is 0 Å². The third-order valence-electron chi connectivity index (χ3n) is 2.77. The van der Waals surface area contributed by atoms with Crippen molar-refractivity contribution in [2.75, 3.05) is 18.8 Å². The zero-order valence-corrected chi connectivity index (χ0v) is 8.44. The van der Waals surface area contributed by atoms with Crippen molar-refractivity contribution < 1.29 is 0 Å². The topological polar surface area (TPSA) is 15.6 Å². The number of fused-ring (bicyclic) bond motifs is 1. The fourth-order valence-electron chi connectivity index (χ4n) is 2.04. The molecule has 3 heteroatoms. The summed E-state index contributed by atoms with van der Waals surface area (Å²) in [6, 6.07) is 0. The average molecular weight is 184 g/mol. The second-order valence-corrected chi connectivity index (χ2v) is 4.37. The van der Waals surface area contributed by atoms with Gasteiger partial charge in [-0.2, -0.15) is 0 Å². The molecule has 0 saturated carbocycles. The van der Waals surface area contributed by atoms with Gasteiger partial charge in [-0.15, -0.1) is 0 Å². The first-order valence-corrected chi connectivity index (χ1v) is 5.81. The molecule has 2 nitrogen and oxygen atoms in total. The van der Waals surface area contributed by atoms with Gasteiger partial charge in [0.1, 0.15) is 5.84 Å². The maximum absolute atomic E-state index is 4.56. The van der Waals surface area contributed by atoms with E-state index in [0.717, 1.165) is 5.92 Å². The minimum atomic E-state index is 0.756. The SMILES string of the molecule is CCC1CCCN2CCSN=C12. The molecule has 1 atom stereocenters. The van der Waals surface area contributed by atoms with Crippen molar-refractivity contribution in [2.45, 2.75) is 26.2 Å². The van der Waals surface area contributed by atoms with Crippen LogP contribution in [-0.2, 0) is 0 Å². The van der Waals surface area contributed by atoms with E-state index < -0.39 is 0 Å². The van der Waals surface area contributed by atoms with Crippen LogP contribution in [0.25, 0.3) is 0 Å². The van der Waals surface area contributed by atoms with Crippen LogP contribution in [0.3, 0.4) is 0 Å². The van der Waals surface area contributed by atoms with Gasteiger partial charge < -0.3 is 4.90 Å². The second kappa shape index (κ2) is 3.69. The smallest absolute Gasteiger partial charge is 0.116 e. The number of hydrogen-bond donors (Lipinski definition) is 0. The van der Waals surface area contributed by atoms with Crippen LogP contribution >= 0.6 is 11.9 Å². The molecule has 68 valence electrons. The normalized spacial score (nSPS) is 29.6. The summed E-state index contributed by atoms with van der Waals surface area (Å²) in [6.45, 7) is 4.74. The molecule has 0 bridgehead atoms. The Morgan fingerprint density at radius 2 is 2.50 bits per heavy atom. The van der Waals surface area contributed by atoms with Crippen molar-refractivity contribution in [3.8, 4) is 0 Å². The quantitative estimate of drug-likeness (QED) is 0.580. The Hall–Kier alpha value is -0.180. The number of piperidine rings is 1. The molecule has 0 amide bonds. The Bertz CT molecular complexity index is 191. The van der Waals surface area contributed by atoms with Crippen LogP contribution in [0, 0.1) is 5.92 Å². The summed E-state index contributed by atoms with van der Waals surface area (Å²) in [5, 5.41) is 0. The molecule has 2 rings (SSSR count). The molecule has 1 fully saturated rings. The zero-order chi connectivity index (χ0) is 8.39. The number of hydrogen-bond acceptors (Lipinski definition) is 3. The van der Waals surface area contributed by atoms with Crippen molar-refractivity contribution in [3.63, 3.8) is 0 Å². The Kier molecular flexibility index (Phi) is 2.59. The standard InChI is InChI=1S/C9H16N2S/c1-2-8-4-3-5-11-6-7-12-10-9(8)11/h8H,2-7H2,1H3. The molecule has 0 aromatic rings. The molecule has 2 aliphatic rings. The Morgan fingerprint density at radius 3 is 3.33 bits per heavy atom. The summed E-state index contributed by atoms with van der Waals surface area (Å²) in [5.74, 6) is 3.33. The number of nitrogens with zero attached hydrogens (tertiary/aromatic N) is 2. The van der Waals surface area contributed by atoms with E-state index >= 15 is 0 Å². The minimum Gasteiger partial charge on any atom is -0.358 e. The molecule has 1 unspecified atom stereocenters. The van der Waals surface area contributed by atoms with Crippen LogP contribution in [0.2, 0.25) is 0 Å². The highest BCUT2D eigenvalue weighted by molar-refractivity contribution is 7.98. The van der Waals surface area contributed by atoms with Crippen molar-refractivity contribution in [2.24, 2.45) is 10.3 Å². The fourth-order valence-corrected chi connectivity index (χ4v) is 2.83. The molecule has 0 radical (unpaired) electrons. The molecular formula is C9H16N2S. The molecule has 1 saturated heterocycles. The molecule has 0 spiro atoms. The van der Waals surface area contributed by atoms with E-state index in [2.05, 4.69) is 16.2 Å². The maximum Gasteiger partial charge on any atom is 0.116 e. The lowest BCUT2D eigenvalue weighted by molar-refractivity contribution is 0.338. The van der Waals surface area contributed by atoms with Gasteiger partial charge in [0.05, 0.1) is 0 Å². The van der Waals surface area contributed by atoms with E-state index in [-0.39, 0.29) is 0 Å². The van der Waals surface area contributed by atoms with Crippen molar-refractivity contribution in [1.82, 2.24) is 4.90 Å². The molecular weight excluding hydrogens is 168 g/mol. The van der Waals surface area contributed by atoms with Crippen molar-refractivity contribution in [3.05, 3.63) is 0 Å². The first kappa shape index (κ1) is 8.42. The molecule has 0 aromatic heterocycles. The molecule has 0 aromatic carbocycles. The predicted molar refractivity (Wildman–Crippen MR) is 54.5 cm³/mol. The molecule has 0 aliphatic carbocycles. The minimum absolute atomic E-state index is 0.756. The Morgan fingerprint density at radius 1 is 1.58 bits per heavy atom. The lowest BCUT2D eigenvalue weighted by Gasteiger charge is -2.37. The number of amidine groups is 1. The summed E-state index contributed by atoms with van der Waals surface area (Å²) >= 11 is 1.75. The maximum atomic E-state index is 4.56. The summed E-state index contributed by atoms with van der Waals surface area (Å²) < 4.78 is 4.56. The largest absolute Gasteiger partial charge is 0.358 e. The first-order chi connectivity index (χ1) is 5.92. The van der Waals surface area contributed by atoms with E-state index in [4.69, 9.17) is 0 Å². The van der Waals surface area contributed by atoms with Gasteiger partial charge in [-0.1, -0.05) is 6.92 Å². The summed E-state index contributed by atoms with van der Waals surface area (Å²) in [5.41, 5.74) is 0. The van der Waals surface area contributed by atoms with Gasteiger partial charge in [0.2, 0.25) is 0 Å². The van der Waals surface area contributed by atoms with E-state index in [0.29, 0.717) is 0 Å². The highest BCUT2D eigenvalue weighted by atomic mass is 32.2. The lowest BCUT2D eigenvalue weighted by atomic mass is 9.94. The van der Waals surface area contributed by atoms with Crippen LogP contribution in [-0.4, -0.2) is 29.6 Å². The second-order valence-electron chi connectivity index (χ2n) is 3.52. The highest BCUT2D eigenvalue weighted by Gasteiger charge is 2.26. The van der Waals surface area contributed by atoms with Gasteiger partial charge >= 0.3 is 0 Å². The van der Waals surface area contributed by atoms with E-state index in [1.807, 2.05) is 0 Å². The van der Waals surface area contributed by atoms with Gasteiger partial charge in [-0.25, -0.2) is 4.40 Å². The third kappa shape index (κ3) is 1.47.